The third-order valence-electron chi connectivity index (χ3n) is 7.84. The molecule has 6 rings (SSSR count). The number of pyridine rings is 2. The van der Waals surface area contributed by atoms with E-state index in [0.717, 1.165) is 72.0 Å². The second kappa shape index (κ2) is 8.27. The van der Waals surface area contributed by atoms with Gasteiger partial charge in [-0.15, -0.1) is 0 Å². The van der Waals surface area contributed by atoms with Crippen molar-refractivity contribution in [3.63, 3.8) is 0 Å². The number of rotatable bonds is 4. The first-order valence-corrected chi connectivity index (χ1v) is 12.4. The quantitative estimate of drug-likeness (QED) is 0.478. The van der Waals surface area contributed by atoms with Crippen LogP contribution < -0.4 is 4.90 Å². The van der Waals surface area contributed by atoms with Crippen molar-refractivity contribution in [1.29, 1.82) is 0 Å². The van der Waals surface area contributed by atoms with Crippen LogP contribution in [0.3, 0.4) is 0 Å². The van der Waals surface area contributed by atoms with Crippen LogP contribution in [0.15, 0.2) is 18.7 Å². The van der Waals surface area contributed by atoms with Crippen molar-refractivity contribution in [2.75, 3.05) is 37.7 Å². The molecule has 8 nitrogen and oxygen atoms in total. The number of fused-ring (bicyclic) bond motifs is 2. The summed E-state index contributed by atoms with van der Waals surface area (Å²) in [6.07, 6.45) is 5.34. The molecular weight excluding hydrogens is 445 g/mol. The molecule has 1 atom stereocenters. The highest BCUT2D eigenvalue weighted by molar-refractivity contribution is 5.94. The number of aromatic amines is 1. The van der Waals surface area contributed by atoms with Gasteiger partial charge in [0.15, 0.2) is 17.3 Å². The first-order valence-electron chi connectivity index (χ1n) is 12.4. The summed E-state index contributed by atoms with van der Waals surface area (Å²) < 4.78 is 23.5. The lowest BCUT2D eigenvalue weighted by Gasteiger charge is -2.46. The van der Waals surface area contributed by atoms with Crippen molar-refractivity contribution < 1.29 is 9.13 Å². The maximum absolute atomic E-state index is 16.3. The summed E-state index contributed by atoms with van der Waals surface area (Å²) in [5.74, 6) is 0.321. The Bertz CT molecular complexity index is 1420. The van der Waals surface area contributed by atoms with Gasteiger partial charge in [-0.05, 0) is 43.4 Å². The molecule has 0 radical (unpaired) electrons. The van der Waals surface area contributed by atoms with Crippen LogP contribution >= 0.6 is 0 Å². The average Bonchev–Trinajstić information content (AvgIpc) is 3.41. The highest BCUT2D eigenvalue weighted by atomic mass is 19.1. The van der Waals surface area contributed by atoms with Gasteiger partial charge in [0.2, 0.25) is 0 Å². The molecule has 1 N–H and O–H groups in total. The van der Waals surface area contributed by atoms with E-state index in [2.05, 4.69) is 64.5 Å². The smallest absolute Gasteiger partial charge is 0.175 e. The lowest BCUT2D eigenvalue weighted by molar-refractivity contribution is -0.0692. The van der Waals surface area contributed by atoms with E-state index in [1.807, 2.05) is 6.20 Å². The number of halogens is 1. The molecule has 9 heteroatoms. The summed E-state index contributed by atoms with van der Waals surface area (Å²) in [4.78, 5) is 17.1. The van der Waals surface area contributed by atoms with Gasteiger partial charge in [0, 0.05) is 42.8 Å². The fraction of sp³-hybridized carbons (Fsp3) is 0.500. The number of nitrogens with zero attached hydrogens (tertiary/aromatic N) is 6. The number of ether oxygens (including phenoxy) is 1. The van der Waals surface area contributed by atoms with Crippen LogP contribution in [-0.4, -0.2) is 74.4 Å². The van der Waals surface area contributed by atoms with E-state index >= 15 is 4.39 Å². The summed E-state index contributed by atoms with van der Waals surface area (Å²) in [7, 11) is 0. The summed E-state index contributed by atoms with van der Waals surface area (Å²) in [6.45, 7) is 14.7. The molecule has 0 amide bonds. The van der Waals surface area contributed by atoms with Crippen LogP contribution in [0.2, 0.25) is 0 Å². The second-order valence-electron chi connectivity index (χ2n) is 10.3. The van der Waals surface area contributed by atoms with Gasteiger partial charge in [-0.1, -0.05) is 13.8 Å². The molecule has 35 heavy (non-hydrogen) atoms. The van der Waals surface area contributed by atoms with E-state index in [9.17, 15) is 0 Å². The van der Waals surface area contributed by atoms with Gasteiger partial charge >= 0.3 is 0 Å². The maximum atomic E-state index is 16.3. The molecule has 2 fully saturated rings. The Hall–Kier alpha value is -3.04. The Morgan fingerprint density at radius 3 is 2.63 bits per heavy atom. The number of piperazine rings is 1. The Morgan fingerprint density at radius 2 is 1.94 bits per heavy atom. The van der Waals surface area contributed by atoms with Gasteiger partial charge in [0.1, 0.15) is 6.33 Å². The highest BCUT2D eigenvalue weighted by Crippen LogP contribution is 2.40. The van der Waals surface area contributed by atoms with E-state index in [1.165, 1.54) is 0 Å². The van der Waals surface area contributed by atoms with Crippen LogP contribution in [0, 0.1) is 19.7 Å². The van der Waals surface area contributed by atoms with Gasteiger partial charge in [0.05, 0.1) is 36.7 Å². The normalized spacial score (nSPS) is 19.9. The van der Waals surface area contributed by atoms with Gasteiger partial charge in [-0.2, -0.15) is 5.10 Å². The van der Waals surface area contributed by atoms with E-state index < -0.39 is 0 Å². The minimum atomic E-state index is -0.239. The van der Waals surface area contributed by atoms with Crippen LogP contribution in [0.4, 0.5) is 10.2 Å². The van der Waals surface area contributed by atoms with E-state index in [4.69, 9.17) is 4.74 Å². The zero-order valence-corrected chi connectivity index (χ0v) is 21.0. The molecule has 0 spiro atoms. The van der Waals surface area contributed by atoms with Gasteiger partial charge in [-0.3, -0.25) is 4.90 Å². The summed E-state index contributed by atoms with van der Waals surface area (Å²) >= 11 is 0. The van der Waals surface area contributed by atoms with Crippen molar-refractivity contribution in [2.45, 2.75) is 52.6 Å². The monoisotopic (exact) mass is 477 g/mol. The van der Waals surface area contributed by atoms with Crippen molar-refractivity contribution in [3.05, 3.63) is 41.2 Å². The summed E-state index contributed by atoms with van der Waals surface area (Å²) in [5, 5.41) is 4.99. The van der Waals surface area contributed by atoms with Crippen LogP contribution in [0.1, 0.15) is 43.4 Å². The van der Waals surface area contributed by atoms with E-state index in [0.29, 0.717) is 17.2 Å². The van der Waals surface area contributed by atoms with Crippen molar-refractivity contribution in [3.8, 4) is 11.3 Å². The number of hydrogen-bond acceptors (Lipinski definition) is 6. The second-order valence-corrected chi connectivity index (χ2v) is 10.3. The molecule has 4 aromatic rings. The topological polar surface area (TPSA) is 74.6 Å². The predicted molar refractivity (Wildman–Crippen MR) is 135 cm³/mol. The van der Waals surface area contributed by atoms with Gasteiger partial charge < -0.3 is 14.6 Å². The molecule has 2 saturated heterocycles. The molecule has 184 valence electrons. The fourth-order valence-electron chi connectivity index (χ4n) is 5.67. The molecule has 2 aliphatic heterocycles. The largest absolute Gasteiger partial charge is 0.378 e. The van der Waals surface area contributed by atoms with Crippen molar-refractivity contribution in [2.24, 2.45) is 0 Å². The van der Waals surface area contributed by atoms with E-state index in [-0.39, 0.29) is 17.8 Å². The fourth-order valence-corrected chi connectivity index (χ4v) is 5.67. The Kier molecular flexibility index (Phi) is 5.30. The third kappa shape index (κ3) is 3.43. The summed E-state index contributed by atoms with van der Waals surface area (Å²) in [6, 6.07) is 0.665. The first-order chi connectivity index (χ1) is 16.8. The van der Waals surface area contributed by atoms with Crippen molar-refractivity contribution >= 4 is 22.4 Å². The zero-order valence-electron chi connectivity index (χ0n) is 21.0. The molecular formula is C26H32FN7O. The standard InChI is InChI=1S/C26H32FN7O/c1-14(2)21-22-20(31-24(21)19-10-34-25(29-13-30-34)17(5)16(19)4)8-28-26(23(22)27)33-7-6-32(9-15(33)3)18-11-35-12-18/h8,10,13-15,18,31H,6-7,9,11-12H2,1-5H3. The zero-order chi connectivity index (χ0) is 24.4. The Morgan fingerprint density at radius 1 is 1.14 bits per heavy atom. The minimum Gasteiger partial charge on any atom is -0.378 e. The first kappa shape index (κ1) is 22.4. The Labute approximate surface area is 204 Å². The number of aromatic nitrogens is 5. The molecule has 0 saturated carbocycles. The average molecular weight is 478 g/mol. The number of aryl methyl sites for hydroxylation is 1. The maximum Gasteiger partial charge on any atom is 0.175 e. The number of nitrogens with one attached hydrogen (secondary N) is 1. The van der Waals surface area contributed by atoms with E-state index in [1.54, 1.807) is 17.0 Å². The molecule has 4 aromatic heterocycles. The Balaban J connectivity index is 1.46. The van der Waals surface area contributed by atoms with Crippen molar-refractivity contribution in [1.82, 2.24) is 29.5 Å². The highest BCUT2D eigenvalue weighted by Gasteiger charge is 2.34. The van der Waals surface area contributed by atoms with Crippen LogP contribution in [0.25, 0.3) is 27.8 Å². The number of hydrogen-bond donors (Lipinski definition) is 1. The number of anilines is 1. The van der Waals surface area contributed by atoms with Gasteiger partial charge in [0.25, 0.3) is 0 Å². The summed E-state index contributed by atoms with van der Waals surface area (Å²) in [5.41, 5.74) is 6.64. The predicted octanol–water partition coefficient (Wildman–Crippen LogP) is 4.06. The number of H-pyrrole nitrogens is 1. The molecule has 0 aromatic carbocycles. The lowest BCUT2D eigenvalue weighted by atomic mass is 9.94. The minimum absolute atomic E-state index is 0.113. The molecule has 2 aliphatic rings. The van der Waals surface area contributed by atoms with Crippen LogP contribution in [-0.2, 0) is 4.74 Å². The van der Waals surface area contributed by atoms with Gasteiger partial charge in [-0.25, -0.2) is 18.9 Å². The molecule has 0 bridgehead atoms. The molecule has 0 aliphatic carbocycles. The lowest BCUT2D eigenvalue weighted by Crippen LogP contribution is -2.59. The molecule has 6 heterocycles. The third-order valence-corrected chi connectivity index (χ3v) is 7.84. The van der Waals surface area contributed by atoms with Crippen LogP contribution in [0.5, 0.6) is 0 Å². The molecule has 1 unspecified atom stereocenters. The SMILES string of the molecule is Cc1c(-c2[nH]c3cnc(N4CCN(C5COC5)CC4C)c(F)c3c2C(C)C)cn2ncnc2c1C.